The second-order valence-corrected chi connectivity index (χ2v) is 4.72. The Kier molecular flexibility index (Phi) is 3.50. The van der Waals surface area contributed by atoms with Crippen molar-refractivity contribution in [1.82, 2.24) is 10.3 Å². The van der Waals surface area contributed by atoms with Crippen LogP contribution in [0.1, 0.15) is 19.4 Å². The van der Waals surface area contributed by atoms with Gasteiger partial charge in [-0.15, -0.1) is 0 Å². The van der Waals surface area contributed by atoms with E-state index in [1.807, 2.05) is 13.8 Å². The summed E-state index contributed by atoms with van der Waals surface area (Å²) >= 11 is 0. The van der Waals surface area contributed by atoms with Crippen molar-refractivity contribution in [3.05, 3.63) is 34.3 Å². The van der Waals surface area contributed by atoms with Gasteiger partial charge in [0.05, 0.1) is 11.9 Å². The van der Waals surface area contributed by atoms with Crippen LogP contribution in [0.25, 0.3) is 11.1 Å². The highest BCUT2D eigenvalue weighted by Gasteiger charge is 2.06. The number of H-pyrrole nitrogens is 1. The minimum absolute atomic E-state index is 0.0195. The van der Waals surface area contributed by atoms with E-state index >= 15 is 0 Å². The molecule has 0 fully saturated rings. The molecule has 2 rings (SSSR count). The number of oxazole rings is 1. The largest absolute Gasteiger partial charge is 0.417 e. The lowest BCUT2D eigenvalue weighted by molar-refractivity contribution is -0.120. The van der Waals surface area contributed by atoms with Gasteiger partial charge in [-0.2, -0.15) is 0 Å². The summed E-state index contributed by atoms with van der Waals surface area (Å²) in [4.78, 5) is 25.2. The smallest absolute Gasteiger partial charge is 0.408 e. The predicted octanol–water partition coefficient (Wildman–Crippen LogP) is 1.44. The SMILES string of the molecule is CC(C)CNC(=O)Cc1ccc2oc(=O)[nH]c2c1. The van der Waals surface area contributed by atoms with Crippen LogP contribution in [0.15, 0.2) is 27.4 Å². The summed E-state index contributed by atoms with van der Waals surface area (Å²) in [6, 6.07) is 5.24. The van der Waals surface area contributed by atoms with E-state index in [9.17, 15) is 9.59 Å². The van der Waals surface area contributed by atoms with Gasteiger partial charge in [-0.05, 0) is 23.6 Å². The van der Waals surface area contributed by atoms with E-state index in [1.54, 1.807) is 18.2 Å². The number of benzene rings is 1. The fraction of sp³-hybridized carbons (Fsp3) is 0.385. The Morgan fingerprint density at radius 3 is 2.94 bits per heavy atom. The number of hydrogen-bond donors (Lipinski definition) is 2. The van der Waals surface area contributed by atoms with Gasteiger partial charge >= 0.3 is 5.76 Å². The summed E-state index contributed by atoms with van der Waals surface area (Å²) in [5, 5.41) is 2.85. The van der Waals surface area contributed by atoms with E-state index in [0.717, 1.165) is 5.56 Å². The van der Waals surface area contributed by atoms with Gasteiger partial charge in [-0.3, -0.25) is 9.78 Å². The minimum Gasteiger partial charge on any atom is -0.408 e. The van der Waals surface area contributed by atoms with E-state index < -0.39 is 5.76 Å². The number of nitrogens with one attached hydrogen (secondary N) is 2. The van der Waals surface area contributed by atoms with Crippen molar-refractivity contribution in [1.29, 1.82) is 0 Å². The van der Waals surface area contributed by atoms with E-state index in [0.29, 0.717) is 30.0 Å². The second kappa shape index (κ2) is 5.08. The summed E-state index contributed by atoms with van der Waals surface area (Å²) < 4.78 is 4.90. The molecule has 5 heteroatoms. The molecule has 0 bridgehead atoms. The molecule has 2 N–H and O–H groups in total. The summed E-state index contributed by atoms with van der Waals surface area (Å²) in [5.41, 5.74) is 1.97. The molecule has 0 aliphatic rings. The summed E-state index contributed by atoms with van der Waals surface area (Å²) in [5.74, 6) is -0.0676. The number of carbonyl (C=O) groups is 1. The van der Waals surface area contributed by atoms with Crippen LogP contribution in [0.2, 0.25) is 0 Å². The van der Waals surface area contributed by atoms with Crippen molar-refractivity contribution in [3.8, 4) is 0 Å². The maximum atomic E-state index is 11.7. The highest BCUT2D eigenvalue weighted by Crippen LogP contribution is 2.12. The lowest BCUT2D eigenvalue weighted by Crippen LogP contribution is -2.28. The number of fused-ring (bicyclic) bond motifs is 1. The maximum Gasteiger partial charge on any atom is 0.417 e. The molecule has 0 radical (unpaired) electrons. The zero-order chi connectivity index (χ0) is 13.1. The first kappa shape index (κ1) is 12.4. The Bertz CT molecular complexity index is 610. The fourth-order valence-electron chi connectivity index (χ4n) is 1.67. The highest BCUT2D eigenvalue weighted by atomic mass is 16.4. The monoisotopic (exact) mass is 248 g/mol. The third kappa shape index (κ3) is 3.00. The fourth-order valence-corrected chi connectivity index (χ4v) is 1.67. The van der Waals surface area contributed by atoms with Crippen LogP contribution < -0.4 is 11.1 Å². The first-order chi connectivity index (χ1) is 8.54. The van der Waals surface area contributed by atoms with Gasteiger partial charge < -0.3 is 9.73 Å². The zero-order valence-electron chi connectivity index (χ0n) is 10.4. The maximum absolute atomic E-state index is 11.7. The number of carbonyl (C=O) groups excluding carboxylic acids is 1. The van der Waals surface area contributed by atoms with Crippen LogP contribution in [0.3, 0.4) is 0 Å². The first-order valence-corrected chi connectivity index (χ1v) is 5.93. The van der Waals surface area contributed by atoms with Gasteiger partial charge in [0.15, 0.2) is 5.58 Å². The topological polar surface area (TPSA) is 75.1 Å². The molecule has 18 heavy (non-hydrogen) atoms. The van der Waals surface area contributed by atoms with E-state index in [2.05, 4.69) is 10.3 Å². The second-order valence-electron chi connectivity index (χ2n) is 4.72. The summed E-state index contributed by atoms with van der Waals surface area (Å²) in [7, 11) is 0. The van der Waals surface area contributed by atoms with Gasteiger partial charge in [-0.25, -0.2) is 4.79 Å². The first-order valence-electron chi connectivity index (χ1n) is 5.93. The number of rotatable bonds is 4. The normalized spacial score (nSPS) is 11.1. The summed E-state index contributed by atoms with van der Waals surface area (Å²) in [6.45, 7) is 4.76. The molecule has 96 valence electrons. The zero-order valence-corrected chi connectivity index (χ0v) is 10.4. The molecule has 0 spiro atoms. The van der Waals surface area contributed by atoms with Crippen molar-refractivity contribution < 1.29 is 9.21 Å². The molecule has 1 aromatic heterocycles. The van der Waals surface area contributed by atoms with Crippen molar-refractivity contribution in [2.75, 3.05) is 6.54 Å². The quantitative estimate of drug-likeness (QED) is 0.859. The number of aromatic nitrogens is 1. The van der Waals surface area contributed by atoms with E-state index in [4.69, 9.17) is 4.42 Å². The highest BCUT2D eigenvalue weighted by molar-refractivity contribution is 5.80. The standard InChI is InChI=1S/C13H16N2O3/c1-8(2)7-14-12(16)6-9-3-4-11-10(5-9)15-13(17)18-11/h3-5,8H,6-7H2,1-2H3,(H,14,16)(H,15,17). The number of amides is 1. The van der Waals surface area contributed by atoms with Crippen LogP contribution in [0.5, 0.6) is 0 Å². The summed E-state index contributed by atoms with van der Waals surface area (Å²) in [6.07, 6.45) is 0.301. The van der Waals surface area contributed by atoms with Crippen LogP contribution in [-0.4, -0.2) is 17.4 Å². The van der Waals surface area contributed by atoms with Crippen LogP contribution in [-0.2, 0) is 11.2 Å². The average molecular weight is 248 g/mol. The molecule has 1 aromatic carbocycles. The predicted molar refractivity (Wildman–Crippen MR) is 68.4 cm³/mol. The molecule has 2 aromatic rings. The Labute approximate surface area is 104 Å². The third-order valence-electron chi connectivity index (χ3n) is 2.56. The molecule has 0 aliphatic carbocycles. The Balaban J connectivity index is 2.07. The van der Waals surface area contributed by atoms with E-state index in [1.165, 1.54) is 0 Å². The molecule has 1 heterocycles. The van der Waals surface area contributed by atoms with Gasteiger partial charge in [0, 0.05) is 6.54 Å². The molecular formula is C13H16N2O3. The van der Waals surface area contributed by atoms with Crippen molar-refractivity contribution in [2.45, 2.75) is 20.3 Å². The Morgan fingerprint density at radius 1 is 1.44 bits per heavy atom. The van der Waals surface area contributed by atoms with Gasteiger partial charge in [0.25, 0.3) is 0 Å². The third-order valence-corrected chi connectivity index (χ3v) is 2.56. The van der Waals surface area contributed by atoms with Gasteiger partial charge in [0.1, 0.15) is 0 Å². The van der Waals surface area contributed by atoms with Crippen molar-refractivity contribution in [2.24, 2.45) is 5.92 Å². The molecule has 0 saturated heterocycles. The van der Waals surface area contributed by atoms with Crippen LogP contribution in [0, 0.1) is 5.92 Å². The Morgan fingerprint density at radius 2 is 2.22 bits per heavy atom. The van der Waals surface area contributed by atoms with Gasteiger partial charge in [-0.1, -0.05) is 19.9 Å². The molecular weight excluding hydrogens is 232 g/mol. The minimum atomic E-state index is -0.480. The van der Waals surface area contributed by atoms with Crippen LogP contribution >= 0.6 is 0 Å². The molecule has 0 saturated carbocycles. The Hall–Kier alpha value is -2.04. The van der Waals surface area contributed by atoms with Crippen LogP contribution in [0.4, 0.5) is 0 Å². The lowest BCUT2D eigenvalue weighted by Gasteiger charge is -2.07. The molecule has 0 atom stereocenters. The lowest BCUT2D eigenvalue weighted by atomic mass is 10.1. The number of hydrogen-bond acceptors (Lipinski definition) is 3. The van der Waals surface area contributed by atoms with Crippen molar-refractivity contribution in [3.63, 3.8) is 0 Å². The molecule has 5 nitrogen and oxygen atoms in total. The van der Waals surface area contributed by atoms with E-state index in [-0.39, 0.29) is 5.91 Å². The molecule has 0 unspecified atom stereocenters. The number of aromatic amines is 1. The average Bonchev–Trinajstić information content (AvgIpc) is 2.66. The molecule has 1 amide bonds. The van der Waals surface area contributed by atoms with Crippen molar-refractivity contribution >= 4 is 17.0 Å². The molecule has 0 aliphatic heterocycles. The van der Waals surface area contributed by atoms with Gasteiger partial charge in [0.2, 0.25) is 5.91 Å².